The van der Waals surface area contributed by atoms with Crippen LogP contribution >= 0.6 is 11.3 Å². The number of aliphatic carboxylic acids is 1. The molecular weight excluding hydrogens is 286 g/mol. The summed E-state index contributed by atoms with van der Waals surface area (Å²) in [5.41, 5.74) is 0. The van der Waals surface area contributed by atoms with Gasteiger partial charge in [-0.2, -0.15) is 4.31 Å². The Kier molecular flexibility index (Phi) is 3.98. The number of carboxylic acids is 1. The monoisotopic (exact) mass is 303 g/mol. The lowest BCUT2D eigenvalue weighted by atomic mass is 10.1. The summed E-state index contributed by atoms with van der Waals surface area (Å²) in [4.78, 5) is 13.1. The molecule has 0 spiro atoms. The van der Waals surface area contributed by atoms with Crippen LogP contribution in [0.5, 0.6) is 0 Å². The molecule has 0 unspecified atom stereocenters. The first-order valence-corrected chi connectivity index (χ1v) is 8.41. The number of rotatable bonds is 3. The molecule has 2 heterocycles. The SMILES string of the molecule is Cc1cc(S(=O)(=O)N2CCCC[C@@H]2C(=O)O)c(C)s1. The van der Waals surface area contributed by atoms with E-state index in [2.05, 4.69) is 0 Å². The quantitative estimate of drug-likeness (QED) is 0.926. The van der Waals surface area contributed by atoms with E-state index in [1.165, 1.54) is 11.3 Å². The summed E-state index contributed by atoms with van der Waals surface area (Å²) in [6.45, 7) is 3.89. The van der Waals surface area contributed by atoms with Gasteiger partial charge in [-0.15, -0.1) is 11.3 Å². The molecule has 0 aliphatic carbocycles. The van der Waals surface area contributed by atoms with Crippen LogP contribution in [0.4, 0.5) is 0 Å². The van der Waals surface area contributed by atoms with Gasteiger partial charge in [-0.1, -0.05) is 0 Å². The Morgan fingerprint density at radius 1 is 1.42 bits per heavy atom. The summed E-state index contributed by atoms with van der Waals surface area (Å²) in [7, 11) is -3.70. The molecule has 7 heteroatoms. The standard InChI is InChI=1S/C12H17NO4S2/c1-8-7-11(9(2)18-8)19(16,17)13-6-4-3-5-10(13)12(14)15/h7,10H,3-6H2,1-2H3,(H,14,15)/t10-/m1/s1. The number of hydrogen-bond acceptors (Lipinski definition) is 4. The van der Waals surface area contributed by atoms with Gasteiger partial charge in [0.2, 0.25) is 10.0 Å². The molecule has 1 aliphatic rings. The molecule has 1 aliphatic heterocycles. The predicted octanol–water partition coefficient (Wildman–Crippen LogP) is 1.99. The molecule has 0 amide bonds. The maximum atomic E-state index is 12.6. The van der Waals surface area contributed by atoms with Crippen molar-refractivity contribution >= 4 is 27.3 Å². The van der Waals surface area contributed by atoms with Gasteiger partial charge in [0.05, 0.1) is 4.90 Å². The third kappa shape index (κ3) is 2.68. The van der Waals surface area contributed by atoms with E-state index in [1.807, 2.05) is 6.92 Å². The Hall–Kier alpha value is -0.920. The van der Waals surface area contributed by atoms with E-state index in [9.17, 15) is 18.3 Å². The summed E-state index contributed by atoms with van der Waals surface area (Å²) in [5, 5.41) is 9.19. The van der Waals surface area contributed by atoms with Crippen LogP contribution in [0.3, 0.4) is 0 Å². The zero-order valence-electron chi connectivity index (χ0n) is 10.9. The second-order valence-electron chi connectivity index (χ2n) is 4.74. The van der Waals surface area contributed by atoms with E-state index in [1.54, 1.807) is 13.0 Å². The van der Waals surface area contributed by atoms with Gasteiger partial charge < -0.3 is 5.11 Å². The van der Waals surface area contributed by atoms with Crippen LogP contribution in [-0.2, 0) is 14.8 Å². The van der Waals surface area contributed by atoms with Crippen LogP contribution in [0.2, 0.25) is 0 Å². The summed E-state index contributed by atoms with van der Waals surface area (Å²) < 4.78 is 26.4. The van der Waals surface area contributed by atoms with Crippen molar-refractivity contribution in [2.45, 2.75) is 44.0 Å². The van der Waals surface area contributed by atoms with Crippen molar-refractivity contribution in [1.82, 2.24) is 4.31 Å². The maximum absolute atomic E-state index is 12.6. The normalized spacial score (nSPS) is 21.5. The largest absolute Gasteiger partial charge is 0.480 e. The Balaban J connectivity index is 2.43. The van der Waals surface area contributed by atoms with Crippen LogP contribution in [-0.4, -0.2) is 36.4 Å². The van der Waals surface area contributed by atoms with Crippen LogP contribution < -0.4 is 0 Å². The third-order valence-corrected chi connectivity index (χ3v) is 6.45. The highest BCUT2D eigenvalue weighted by Gasteiger charge is 2.38. The number of sulfonamides is 1. The molecule has 0 bridgehead atoms. The van der Waals surface area contributed by atoms with Crippen molar-refractivity contribution in [2.75, 3.05) is 6.54 Å². The minimum absolute atomic E-state index is 0.253. The van der Waals surface area contributed by atoms with E-state index in [0.29, 0.717) is 17.7 Å². The highest BCUT2D eigenvalue weighted by Crippen LogP contribution is 2.31. The first-order valence-electron chi connectivity index (χ1n) is 6.15. The zero-order chi connectivity index (χ0) is 14.2. The first-order chi connectivity index (χ1) is 8.84. The molecule has 106 valence electrons. The molecule has 1 N–H and O–H groups in total. The lowest BCUT2D eigenvalue weighted by Crippen LogP contribution is -2.47. The molecule has 19 heavy (non-hydrogen) atoms. The highest BCUT2D eigenvalue weighted by molar-refractivity contribution is 7.89. The Bertz CT molecular complexity index is 591. The maximum Gasteiger partial charge on any atom is 0.322 e. The van der Waals surface area contributed by atoms with Gasteiger partial charge in [-0.3, -0.25) is 4.79 Å². The second-order valence-corrected chi connectivity index (χ2v) is 8.06. The Morgan fingerprint density at radius 3 is 2.63 bits per heavy atom. The summed E-state index contributed by atoms with van der Waals surface area (Å²) in [5.74, 6) is -1.06. The topological polar surface area (TPSA) is 74.7 Å². The highest BCUT2D eigenvalue weighted by atomic mass is 32.2. The van der Waals surface area contributed by atoms with Gasteiger partial charge in [0.1, 0.15) is 6.04 Å². The Morgan fingerprint density at radius 2 is 2.11 bits per heavy atom. The molecule has 1 aromatic heterocycles. The van der Waals surface area contributed by atoms with Crippen molar-refractivity contribution in [3.63, 3.8) is 0 Å². The average molecular weight is 303 g/mol. The molecule has 5 nitrogen and oxygen atoms in total. The first kappa shape index (κ1) is 14.5. The van der Waals surface area contributed by atoms with Crippen LogP contribution in [0.15, 0.2) is 11.0 Å². The van der Waals surface area contributed by atoms with Crippen LogP contribution in [0, 0.1) is 13.8 Å². The van der Waals surface area contributed by atoms with Gasteiger partial charge >= 0.3 is 5.97 Å². The fraction of sp³-hybridized carbons (Fsp3) is 0.583. The summed E-state index contributed by atoms with van der Waals surface area (Å²) in [6.07, 6.45) is 1.85. The van der Waals surface area contributed by atoms with Crippen LogP contribution in [0.1, 0.15) is 29.0 Å². The molecule has 0 aromatic carbocycles. The Labute approximate surface area is 116 Å². The van der Waals surface area contributed by atoms with Gasteiger partial charge in [-0.05, 0) is 39.2 Å². The van der Waals surface area contributed by atoms with E-state index in [0.717, 1.165) is 15.6 Å². The van der Waals surface area contributed by atoms with E-state index < -0.39 is 22.0 Å². The van der Waals surface area contributed by atoms with Gasteiger partial charge in [-0.25, -0.2) is 8.42 Å². The van der Waals surface area contributed by atoms with Crippen molar-refractivity contribution in [3.05, 3.63) is 15.8 Å². The van der Waals surface area contributed by atoms with E-state index in [4.69, 9.17) is 0 Å². The number of nitrogens with zero attached hydrogens (tertiary/aromatic N) is 1. The molecule has 1 aromatic rings. The van der Waals surface area contributed by atoms with Crippen LogP contribution in [0.25, 0.3) is 0 Å². The minimum Gasteiger partial charge on any atom is -0.480 e. The number of carboxylic acid groups (broad SMARTS) is 1. The number of aryl methyl sites for hydroxylation is 2. The lowest BCUT2D eigenvalue weighted by Gasteiger charge is -2.31. The minimum atomic E-state index is -3.70. The van der Waals surface area contributed by atoms with Gasteiger partial charge in [0.25, 0.3) is 0 Å². The van der Waals surface area contributed by atoms with Crippen molar-refractivity contribution in [3.8, 4) is 0 Å². The molecule has 1 atom stereocenters. The van der Waals surface area contributed by atoms with Crippen molar-refractivity contribution in [2.24, 2.45) is 0 Å². The molecule has 0 radical (unpaired) electrons. The predicted molar refractivity (Wildman–Crippen MR) is 73.0 cm³/mol. The van der Waals surface area contributed by atoms with Crippen molar-refractivity contribution < 1.29 is 18.3 Å². The lowest BCUT2D eigenvalue weighted by molar-refractivity contribution is -0.142. The molecule has 0 saturated carbocycles. The number of carbonyl (C=O) groups is 1. The number of thiophene rings is 1. The third-order valence-electron chi connectivity index (χ3n) is 3.32. The van der Waals surface area contributed by atoms with Gasteiger partial charge in [0, 0.05) is 16.3 Å². The number of piperidine rings is 1. The van der Waals surface area contributed by atoms with E-state index in [-0.39, 0.29) is 11.4 Å². The second kappa shape index (κ2) is 5.22. The fourth-order valence-electron chi connectivity index (χ4n) is 2.43. The summed E-state index contributed by atoms with van der Waals surface area (Å²) in [6, 6.07) is 0.696. The molecular formula is C12H17NO4S2. The average Bonchev–Trinajstić information content (AvgIpc) is 2.69. The molecule has 2 rings (SSSR count). The molecule has 1 saturated heterocycles. The van der Waals surface area contributed by atoms with Gasteiger partial charge in [0.15, 0.2) is 0 Å². The zero-order valence-corrected chi connectivity index (χ0v) is 12.6. The fourth-order valence-corrected chi connectivity index (χ4v) is 5.61. The van der Waals surface area contributed by atoms with Crippen molar-refractivity contribution in [1.29, 1.82) is 0 Å². The smallest absolute Gasteiger partial charge is 0.322 e. The molecule has 1 fully saturated rings. The van der Waals surface area contributed by atoms with E-state index >= 15 is 0 Å². The summed E-state index contributed by atoms with van der Waals surface area (Å²) >= 11 is 1.42. The number of hydrogen-bond donors (Lipinski definition) is 1.